The van der Waals surface area contributed by atoms with Gasteiger partial charge in [0, 0.05) is 25.6 Å². The zero-order valence-corrected chi connectivity index (χ0v) is 17.2. The molecular formula is C20H25FN6O3. The second-order valence-corrected chi connectivity index (χ2v) is 7.86. The van der Waals surface area contributed by atoms with Crippen molar-refractivity contribution in [1.29, 1.82) is 0 Å². The molecule has 0 bridgehead atoms. The van der Waals surface area contributed by atoms with Crippen LogP contribution in [0.5, 0.6) is 0 Å². The standard InChI is InChI=1S/C20H25FN6O3/c1-12(28)24-18(22)15-7-6-13(21)9-16(15)19(29)26-8-4-5-14(11-26)27-23-10-17(25-27)20(2,3)30/h6-7,9-10,14,30H,4-5,8,11H2,1-3H3,(H2,22,24,28)/t14-/m1/s1. The van der Waals surface area contributed by atoms with Crippen molar-refractivity contribution < 1.29 is 19.1 Å². The Balaban J connectivity index is 1.86. The first-order valence-electron chi connectivity index (χ1n) is 9.65. The van der Waals surface area contributed by atoms with Gasteiger partial charge >= 0.3 is 0 Å². The number of carbonyl (C=O) groups is 2. The van der Waals surface area contributed by atoms with Gasteiger partial charge in [0.15, 0.2) is 0 Å². The number of hydrogen-bond donors (Lipinski definition) is 2. The van der Waals surface area contributed by atoms with Crippen LogP contribution in [0.4, 0.5) is 4.39 Å². The highest BCUT2D eigenvalue weighted by atomic mass is 19.1. The molecule has 1 aliphatic heterocycles. The number of nitrogens with zero attached hydrogens (tertiary/aromatic N) is 5. The Kier molecular flexibility index (Phi) is 5.97. The quantitative estimate of drug-likeness (QED) is 0.573. The van der Waals surface area contributed by atoms with Crippen LogP contribution in [0.15, 0.2) is 29.4 Å². The third kappa shape index (κ3) is 4.70. The number of aliphatic imine (C=N–C) groups is 1. The number of piperidine rings is 1. The van der Waals surface area contributed by atoms with E-state index in [2.05, 4.69) is 15.2 Å². The van der Waals surface area contributed by atoms with Crippen molar-refractivity contribution in [2.24, 2.45) is 10.7 Å². The predicted molar refractivity (Wildman–Crippen MR) is 107 cm³/mol. The lowest BCUT2D eigenvalue weighted by molar-refractivity contribution is -0.115. The Morgan fingerprint density at radius 3 is 2.70 bits per heavy atom. The molecule has 10 heteroatoms. The molecule has 1 aliphatic rings. The maximum Gasteiger partial charge on any atom is 0.254 e. The SMILES string of the molecule is CC(=O)N=C(N)c1ccc(F)cc1C(=O)N1CCC[C@@H](n2ncc(C(C)(C)O)n2)C1. The highest BCUT2D eigenvalue weighted by Crippen LogP contribution is 2.25. The lowest BCUT2D eigenvalue weighted by atomic mass is 10.0. The zero-order valence-electron chi connectivity index (χ0n) is 17.2. The summed E-state index contributed by atoms with van der Waals surface area (Å²) < 4.78 is 13.9. The molecule has 1 aromatic carbocycles. The van der Waals surface area contributed by atoms with Crippen molar-refractivity contribution in [3.8, 4) is 0 Å². The van der Waals surface area contributed by atoms with Gasteiger partial charge in [-0.3, -0.25) is 9.59 Å². The van der Waals surface area contributed by atoms with Gasteiger partial charge in [-0.15, -0.1) is 0 Å². The molecule has 9 nitrogen and oxygen atoms in total. The molecule has 0 saturated carbocycles. The van der Waals surface area contributed by atoms with Crippen LogP contribution < -0.4 is 5.73 Å². The summed E-state index contributed by atoms with van der Waals surface area (Å²) in [4.78, 5) is 31.2. The maximum atomic E-state index is 13.9. The Bertz CT molecular complexity index is 995. The van der Waals surface area contributed by atoms with Crippen molar-refractivity contribution in [2.45, 2.75) is 45.3 Å². The molecule has 1 fully saturated rings. The molecule has 0 radical (unpaired) electrons. The van der Waals surface area contributed by atoms with E-state index in [1.54, 1.807) is 18.7 Å². The summed E-state index contributed by atoms with van der Waals surface area (Å²) in [5.74, 6) is -1.65. The van der Waals surface area contributed by atoms with E-state index < -0.39 is 23.2 Å². The normalized spacial score (nSPS) is 17.8. The zero-order chi connectivity index (χ0) is 22.1. The number of amidine groups is 1. The van der Waals surface area contributed by atoms with Gasteiger partial charge in [0.1, 0.15) is 22.9 Å². The van der Waals surface area contributed by atoms with E-state index in [1.807, 2.05) is 0 Å². The topological polar surface area (TPSA) is 127 Å². The lowest BCUT2D eigenvalue weighted by Gasteiger charge is -2.32. The predicted octanol–water partition coefficient (Wildman–Crippen LogP) is 1.37. The molecule has 0 spiro atoms. The van der Waals surface area contributed by atoms with Crippen LogP contribution in [0.3, 0.4) is 0 Å². The van der Waals surface area contributed by atoms with Gasteiger partial charge in [-0.05, 0) is 44.9 Å². The third-order valence-electron chi connectivity index (χ3n) is 4.91. The first kappa shape index (κ1) is 21.6. The largest absolute Gasteiger partial charge is 0.384 e. The van der Waals surface area contributed by atoms with Crippen LogP contribution in [0, 0.1) is 5.82 Å². The van der Waals surface area contributed by atoms with Crippen molar-refractivity contribution >= 4 is 17.6 Å². The molecule has 1 atom stereocenters. The van der Waals surface area contributed by atoms with Crippen LogP contribution in [0.25, 0.3) is 0 Å². The second kappa shape index (κ2) is 8.31. The third-order valence-corrected chi connectivity index (χ3v) is 4.91. The summed E-state index contributed by atoms with van der Waals surface area (Å²) in [6.07, 6.45) is 2.97. The fourth-order valence-electron chi connectivity index (χ4n) is 3.38. The monoisotopic (exact) mass is 416 g/mol. The Labute approximate surface area is 173 Å². The molecule has 3 N–H and O–H groups in total. The highest BCUT2D eigenvalue weighted by Gasteiger charge is 2.30. The Hall–Kier alpha value is -3.14. The first-order chi connectivity index (χ1) is 14.1. The van der Waals surface area contributed by atoms with Gasteiger partial charge in [0.05, 0.1) is 17.8 Å². The number of carbonyl (C=O) groups excluding carboxylic acids is 2. The number of aromatic nitrogens is 3. The summed E-state index contributed by atoms with van der Waals surface area (Å²) in [6.45, 7) is 5.28. The molecule has 3 rings (SSSR count). The number of benzene rings is 1. The lowest BCUT2D eigenvalue weighted by Crippen LogP contribution is -2.42. The number of likely N-dealkylation sites (tertiary alicyclic amines) is 1. The van der Waals surface area contributed by atoms with E-state index in [1.165, 1.54) is 30.0 Å². The van der Waals surface area contributed by atoms with Gasteiger partial charge in [-0.1, -0.05) is 0 Å². The minimum absolute atomic E-state index is 0.0451. The average molecular weight is 416 g/mol. The minimum Gasteiger partial charge on any atom is -0.384 e. The molecule has 30 heavy (non-hydrogen) atoms. The fraction of sp³-hybridized carbons (Fsp3) is 0.450. The van der Waals surface area contributed by atoms with Gasteiger partial charge in [-0.25, -0.2) is 4.39 Å². The number of hydrogen-bond acceptors (Lipinski definition) is 5. The highest BCUT2D eigenvalue weighted by molar-refractivity contribution is 6.11. The summed E-state index contributed by atoms with van der Waals surface area (Å²) in [5, 5.41) is 18.7. The molecule has 160 valence electrons. The van der Waals surface area contributed by atoms with Crippen molar-refractivity contribution in [3.05, 3.63) is 47.0 Å². The van der Waals surface area contributed by atoms with E-state index in [9.17, 15) is 19.1 Å². The number of amides is 2. The van der Waals surface area contributed by atoms with Gasteiger partial charge in [-0.2, -0.15) is 20.0 Å². The van der Waals surface area contributed by atoms with Gasteiger partial charge in [0.25, 0.3) is 5.91 Å². The van der Waals surface area contributed by atoms with Gasteiger partial charge < -0.3 is 15.7 Å². The molecule has 2 heterocycles. The minimum atomic E-state index is -1.12. The summed E-state index contributed by atoms with van der Waals surface area (Å²) >= 11 is 0. The average Bonchev–Trinajstić information content (AvgIpc) is 3.17. The van der Waals surface area contributed by atoms with E-state index in [-0.39, 0.29) is 23.0 Å². The van der Waals surface area contributed by atoms with Crippen LogP contribution in [-0.4, -0.2) is 55.7 Å². The van der Waals surface area contributed by atoms with E-state index in [0.29, 0.717) is 25.2 Å². The van der Waals surface area contributed by atoms with Crippen LogP contribution in [0.2, 0.25) is 0 Å². The molecular weight excluding hydrogens is 391 g/mol. The molecule has 0 aliphatic carbocycles. The molecule has 2 aromatic rings. The van der Waals surface area contributed by atoms with Crippen LogP contribution in [0.1, 0.15) is 61.3 Å². The fourth-order valence-corrected chi connectivity index (χ4v) is 3.38. The van der Waals surface area contributed by atoms with Crippen molar-refractivity contribution in [1.82, 2.24) is 19.9 Å². The Morgan fingerprint density at radius 2 is 2.07 bits per heavy atom. The molecule has 2 amide bonds. The van der Waals surface area contributed by atoms with Crippen molar-refractivity contribution in [3.63, 3.8) is 0 Å². The van der Waals surface area contributed by atoms with Crippen LogP contribution in [-0.2, 0) is 10.4 Å². The van der Waals surface area contributed by atoms with E-state index in [4.69, 9.17) is 5.73 Å². The molecule has 0 unspecified atom stereocenters. The number of nitrogens with two attached hydrogens (primary N) is 1. The van der Waals surface area contributed by atoms with Gasteiger partial charge in [0.2, 0.25) is 5.91 Å². The number of halogens is 1. The second-order valence-electron chi connectivity index (χ2n) is 7.86. The first-order valence-corrected chi connectivity index (χ1v) is 9.65. The maximum absolute atomic E-state index is 13.9. The molecule has 1 saturated heterocycles. The van der Waals surface area contributed by atoms with Crippen molar-refractivity contribution in [2.75, 3.05) is 13.1 Å². The number of aliphatic hydroxyl groups is 1. The van der Waals surface area contributed by atoms with Crippen LogP contribution >= 0.6 is 0 Å². The van der Waals surface area contributed by atoms with E-state index >= 15 is 0 Å². The van der Waals surface area contributed by atoms with E-state index in [0.717, 1.165) is 12.5 Å². The molecule has 1 aromatic heterocycles. The number of rotatable bonds is 4. The smallest absolute Gasteiger partial charge is 0.254 e. The summed E-state index contributed by atoms with van der Waals surface area (Å²) in [6, 6.07) is 3.43. The summed E-state index contributed by atoms with van der Waals surface area (Å²) in [7, 11) is 0. The summed E-state index contributed by atoms with van der Waals surface area (Å²) in [5.41, 5.74) is 5.44. The Morgan fingerprint density at radius 1 is 1.33 bits per heavy atom.